The molecule has 1 aliphatic rings. The van der Waals surface area contributed by atoms with Gasteiger partial charge < -0.3 is 4.74 Å². The first-order valence-electron chi connectivity index (χ1n) is 13.4. The Morgan fingerprint density at radius 3 is 2.05 bits per heavy atom. The molecule has 0 N–H and O–H groups in total. The molecule has 1 aliphatic carbocycles. The average molecular weight is 497 g/mol. The van der Waals surface area contributed by atoms with Crippen molar-refractivity contribution in [2.75, 3.05) is 7.11 Å². The Balaban J connectivity index is 1.18. The third kappa shape index (κ3) is 7.72. The molecule has 4 nitrogen and oxygen atoms in total. The van der Waals surface area contributed by atoms with Crippen LogP contribution in [-0.2, 0) is 20.7 Å². The van der Waals surface area contributed by atoms with Crippen LogP contribution in [0.1, 0.15) is 78.8 Å². The second-order valence-corrected chi connectivity index (χ2v) is 10.2. The average Bonchev–Trinajstić information content (AvgIpc) is 2.94. The lowest BCUT2D eigenvalue weighted by molar-refractivity contribution is -0.142. The van der Waals surface area contributed by atoms with Crippen molar-refractivity contribution in [2.45, 2.75) is 63.7 Å². The van der Waals surface area contributed by atoms with Gasteiger partial charge in [-0.15, -0.1) is 0 Å². The van der Waals surface area contributed by atoms with E-state index >= 15 is 0 Å². The second-order valence-electron chi connectivity index (χ2n) is 10.2. The Morgan fingerprint density at radius 2 is 1.41 bits per heavy atom. The molecule has 4 rings (SSSR count). The normalized spacial score (nSPS) is 17.2. The highest BCUT2D eigenvalue weighted by atomic mass is 16.5. The number of methoxy groups -OCH3 is 1. The lowest BCUT2D eigenvalue weighted by Crippen LogP contribution is -2.17. The summed E-state index contributed by atoms with van der Waals surface area (Å²) in [5.41, 5.74) is 5.25. The SMILES string of the molecule is COC(=O)CC1CCC(c2ccc(CC(=O)CCCC(=O)c3ccc(-c4ccccc4)cc3)cc2)CC1. The molecule has 3 aromatic rings. The molecule has 0 radical (unpaired) electrons. The summed E-state index contributed by atoms with van der Waals surface area (Å²) in [6.07, 6.45) is 6.58. The summed E-state index contributed by atoms with van der Waals surface area (Å²) in [7, 11) is 1.45. The second kappa shape index (κ2) is 13.1. The lowest BCUT2D eigenvalue weighted by Gasteiger charge is -2.28. The molecule has 0 bridgehead atoms. The molecule has 0 saturated heterocycles. The summed E-state index contributed by atoms with van der Waals surface area (Å²) < 4.78 is 4.80. The van der Waals surface area contributed by atoms with Crippen molar-refractivity contribution in [1.82, 2.24) is 0 Å². The van der Waals surface area contributed by atoms with Crippen LogP contribution in [0.3, 0.4) is 0 Å². The molecule has 1 saturated carbocycles. The molecule has 4 heteroatoms. The van der Waals surface area contributed by atoms with E-state index in [1.165, 1.54) is 12.7 Å². The first kappa shape index (κ1) is 26.5. The summed E-state index contributed by atoms with van der Waals surface area (Å²) in [4.78, 5) is 36.6. The Kier molecular flexibility index (Phi) is 9.42. The molecule has 0 amide bonds. The van der Waals surface area contributed by atoms with Crippen LogP contribution in [-0.4, -0.2) is 24.6 Å². The number of esters is 1. The zero-order chi connectivity index (χ0) is 26.0. The molecule has 0 aliphatic heterocycles. The minimum atomic E-state index is -0.112. The van der Waals surface area contributed by atoms with Crippen molar-refractivity contribution in [1.29, 1.82) is 0 Å². The minimum absolute atomic E-state index is 0.0815. The van der Waals surface area contributed by atoms with Crippen molar-refractivity contribution in [3.63, 3.8) is 0 Å². The van der Waals surface area contributed by atoms with Gasteiger partial charge >= 0.3 is 5.97 Å². The van der Waals surface area contributed by atoms with Crippen LogP contribution in [0.2, 0.25) is 0 Å². The van der Waals surface area contributed by atoms with E-state index in [2.05, 4.69) is 36.4 Å². The first-order valence-corrected chi connectivity index (χ1v) is 13.4. The lowest BCUT2D eigenvalue weighted by atomic mass is 9.77. The number of ketones is 2. The van der Waals surface area contributed by atoms with Crippen LogP contribution in [0, 0.1) is 5.92 Å². The number of ether oxygens (including phenoxy) is 1. The number of hydrogen-bond acceptors (Lipinski definition) is 4. The molecular weight excluding hydrogens is 460 g/mol. The van der Waals surface area contributed by atoms with Gasteiger partial charge in [0.2, 0.25) is 0 Å². The molecule has 0 heterocycles. The summed E-state index contributed by atoms with van der Waals surface area (Å²) in [5.74, 6) is 1.09. The summed E-state index contributed by atoms with van der Waals surface area (Å²) in [6.45, 7) is 0. The Bertz CT molecular complexity index is 1170. The molecule has 0 aromatic heterocycles. The highest BCUT2D eigenvalue weighted by Crippen LogP contribution is 2.37. The fraction of sp³-hybridized carbons (Fsp3) is 0.364. The van der Waals surface area contributed by atoms with Crippen molar-refractivity contribution >= 4 is 17.5 Å². The smallest absolute Gasteiger partial charge is 0.305 e. The zero-order valence-corrected chi connectivity index (χ0v) is 21.7. The van der Waals surface area contributed by atoms with E-state index in [9.17, 15) is 14.4 Å². The maximum atomic E-state index is 12.6. The molecule has 1 fully saturated rings. The number of carbonyl (C=O) groups is 3. The van der Waals surface area contributed by atoms with Crippen molar-refractivity contribution in [3.8, 4) is 11.1 Å². The minimum Gasteiger partial charge on any atom is -0.469 e. The zero-order valence-electron chi connectivity index (χ0n) is 21.7. The van der Waals surface area contributed by atoms with E-state index in [-0.39, 0.29) is 17.5 Å². The van der Waals surface area contributed by atoms with Gasteiger partial charge in [0.1, 0.15) is 5.78 Å². The van der Waals surface area contributed by atoms with E-state index in [0.717, 1.165) is 42.4 Å². The predicted octanol–water partition coefficient (Wildman–Crippen LogP) is 7.36. The molecule has 37 heavy (non-hydrogen) atoms. The number of benzene rings is 3. The Morgan fingerprint density at radius 1 is 0.757 bits per heavy atom. The maximum Gasteiger partial charge on any atom is 0.305 e. The van der Waals surface area contributed by atoms with E-state index < -0.39 is 0 Å². The number of carbonyl (C=O) groups excluding carboxylic acids is 3. The molecule has 0 unspecified atom stereocenters. The summed E-state index contributed by atoms with van der Waals surface area (Å²) >= 11 is 0. The van der Waals surface area contributed by atoms with Gasteiger partial charge in [-0.3, -0.25) is 14.4 Å². The van der Waals surface area contributed by atoms with E-state index in [1.54, 1.807) is 0 Å². The Hall–Kier alpha value is -3.53. The van der Waals surface area contributed by atoms with Gasteiger partial charge in [0.15, 0.2) is 5.78 Å². The van der Waals surface area contributed by atoms with Gasteiger partial charge in [0.25, 0.3) is 0 Å². The Labute approximate surface area is 220 Å². The maximum absolute atomic E-state index is 12.6. The number of Topliss-reactive ketones (excluding diaryl/α,β-unsaturated/α-hetero) is 2. The van der Waals surface area contributed by atoms with E-state index in [4.69, 9.17) is 4.74 Å². The molecular formula is C33H36O4. The van der Waals surface area contributed by atoms with Crippen LogP contribution in [0.15, 0.2) is 78.9 Å². The van der Waals surface area contributed by atoms with Crippen molar-refractivity contribution < 1.29 is 19.1 Å². The van der Waals surface area contributed by atoms with Gasteiger partial charge in [-0.1, -0.05) is 78.9 Å². The fourth-order valence-corrected chi connectivity index (χ4v) is 5.31. The van der Waals surface area contributed by atoms with Crippen molar-refractivity contribution in [2.24, 2.45) is 5.92 Å². The van der Waals surface area contributed by atoms with Crippen LogP contribution < -0.4 is 0 Å². The summed E-state index contributed by atoms with van der Waals surface area (Å²) in [6, 6.07) is 26.2. The third-order valence-electron chi connectivity index (χ3n) is 7.56. The van der Waals surface area contributed by atoms with Gasteiger partial charge in [0.05, 0.1) is 7.11 Å². The van der Waals surface area contributed by atoms with Gasteiger partial charge in [-0.25, -0.2) is 0 Å². The van der Waals surface area contributed by atoms with Gasteiger partial charge in [-0.2, -0.15) is 0 Å². The number of rotatable bonds is 11. The molecule has 192 valence electrons. The van der Waals surface area contributed by atoms with Crippen LogP contribution in [0.25, 0.3) is 11.1 Å². The van der Waals surface area contributed by atoms with Crippen LogP contribution in [0.5, 0.6) is 0 Å². The van der Waals surface area contributed by atoms with Gasteiger partial charge in [0, 0.05) is 31.2 Å². The highest BCUT2D eigenvalue weighted by Gasteiger charge is 2.24. The van der Waals surface area contributed by atoms with Crippen molar-refractivity contribution in [3.05, 3.63) is 95.6 Å². The van der Waals surface area contributed by atoms with E-state index in [1.807, 2.05) is 42.5 Å². The van der Waals surface area contributed by atoms with Gasteiger partial charge in [-0.05, 0) is 66.2 Å². The molecule has 3 aromatic carbocycles. The number of hydrogen-bond donors (Lipinski definition) is 0. The summed E-state index contributed by atoms with van der Waals surface area (Å²) in [5, 5.41) is 0. The highest BCUT2D eigenvalue weighted by molar-refractivity contribution is 5.96. The third-order valence-corrected chi connectivity index (χ3v) is 7.56. The largest absolute Gasteiger partial charge is 0.469 e. The van der Waals surface area contributed by atoms with Crippen LogP contribution >= 0.6 is 0 Å². The molecule has 0 atom stereocenters. The quantitative estimate of drug-likeness (QED) is 0.206. The topological polar surface area (TPSA) is 60.4 Å². The van der Waals surface area contributed by atoms with Crippen LogP contribution in [0.4, 0.5) is 0 Å². The predicted molar refractivity (Wildman–Crippen MR) is 147 cm³/mol. The fourth-order valence-electron chi connectivity index (χ4n) is 5.31. The molecule has 0 spiro atoms. The standard InChI is InChI=1S/C33H36O4/c1-37-33(36)23-25-12-16-28(17-13-25)27-14-10-24(11-15-27)22-31(34)8-5-9-32(35)30-20-18-29(19-21-30)26-6-3-2-4-7-26/h2-4,6-7,10-11,14-15,18-21,25,28H,5,8-9,12-13,16-17,22-23H2,1H3. The van der Waals surface area contributed by atoms with E-state index in [0.29, 0.717) is 49.5 Å². The monoisotopic (exact) mass is 496 g/mol. The first-order chi connectivity index (χ1) is 18.0.